The number of furan rings is 1. The van der Waals surface area contributed by atoms with Crippen LogP contribution < -0.4 is 10.6 Å². The van der Waals surface area contributed by atoms with Gasteiger partial charge in [-0.2, -0.15) is 0 Å². The molecule has 1 amide bonds. The Labute approximate surface area is 195 Å². The molecule has 0 radical (unpaired) electrons. The second kappa shape index (κ2) is 8.52. The van der Waals surface area contributed by atoms with Gasteiger partial charge in [0.1, 0.15) is 11.1 Å². The summed E-state index contributed by atoms with van der Waals surface area (Å²) in [5.74, 6) is 0.477. The lowest BCUT2D eigenvalue weighted by Crippen LogP contribution is -2.33. The van der Waals surface area contributed by atoms with Crippen LogP contribution in [-0.2, 0) is 6.42 Å². The molecule has 0 unspecified atom stereocenters. The largest absolute Gasteiger partial charge is 0.451 e. The molecule has 2 N–H and O–H groups in total. The van der Waals surface area contributed by atoms with E-state index < -0.39 is 5.91 Å². The molecule has 0 aliphatic carbocycles. The van der Waals surface area contributed by atoms with Crippen molar-refractivity contribution in [3.63, 3.8) is 0 Å². The maximum absolute atomic E-state index is 12.4. The summed E-state index contributed by atoms with van der Waals surface area (Å²) >= 11 is 5.28. The Morgan fingerprint density at radius 1 is 0.939 bits per heavy atom. The zero-order valence-electron chi connectivity index (χ0n) is 18.1. The number of carbonyl (C=O) groups is 1. The predicted octanol–water partition coefficient (Wildman–Crippen LogP) is 5.91. The number of fused-ring (bicyclic) bond motifs is 2. The van der Waals surface area contributed by atoms with Gasteiger partial charge in [-0.3, -0.25) is 10.1 Å². The summed E-state index contributed by atoms with van der Waals surface area (Å²) in [4.78, 5) is 17.0. The molecule has 7 heteroatoms. The van der Waals surface area contributed by atoms with Gasteiger partial charge < -0.3 is 14.2 Å². The Balaban J connectivity index is 1.21. The van der Waals surface area contributed by atoms with Gasteiger partial charge in [-0.05, 0) is 79.2 Å². The van der Waals surface area contributed by atoms with E-state index in [4.69, 9.17) is 21.1 Å². The summed E-state index contributed by atoms with van der Waals surface area (Å²) in [5, 5.41) is 6.72. The molecule has 0 aliphatic heterocycles. The third kappa shape index (κ3) is 4.49. The minimum absolute atomic E-state index is 0.192. The van der Waals surface area contributed by atoms with E-state index in [1.165, 1.54) is 11.1 Å². The molecule has 2 aromatic heterocycles. The fraction of sp³-hybridized carbons (Fsp3) is 0.115. The normalized spacial score (nSPS) is 11.1. The van der Waals surface area contributed by atoms with Gasteiger partial charge in [-0.1, -0.05) is 30.3 Å². The fourth-order valence-corrected chi connectivity index (χ4v) is 3.82. The van der Waals surface area contributed by atoms with Gasteiger partial charge in [0.25, 0.3) is 5.91 Å². The molecule has 0 saturated heterocycles. The van der Waals surface area contributed by atoms with Crippen molar-refractivity contribution in [2.75, 3.05) is 5.32 Å². The molecule has 0 spiro atoms. The number of para-hydroxylation sites is 1. The average Bonchev–Trinajstić information content (AvgIpc) is 3.39. The topological polar surface area (TPSA) is 80.3 Å². The first-order valence-corrected chi connectivity index (χ1v) is 10.9. The van der Waals surface area contributed by atoms with Crippen molar-refractivity contribution in [3.8, 4) is 0 Å². The highest BCUT2D eigenvalue weighted by atomic mass is 32.1. The molecule has 6 nitrogen and oxygen atoms in total. The number of hydrogen-bond donors (Lipinski definition) is 2. The average molecular weight is 456 g/mol. The number of aromatic nitrogens is 1. The summed E-state index contributed by atoms with van der Waals surface area (Å²) in [5.41, 5.74) is 6.52. The van der Waals surface area contributed by atoms with Crippen LogP contribution in [0.3, 0.4) is 0 Å². The van der Waals surface area contributed by atoms with Crippen LogP contribution in [0.5, 0.6) is 0 Å². The van der Waals surface area contributed by atoms with Crippen molar-refractivity contribution in [3.05, 3.63) is 95.1 Å². The van der Waals surface area contributed by atoms with Gasteiger partial charge in [0.05, 0.1) is 0 Å². The molecule has 164 valence electrons. The number of anilines is 1. The SMILES string of the molecule is Cc1cc2nc(Cc3ccc(NC(=S)NC(=O)c4cc5ccccc5o4)cc3)oc2cc1C. The number of benzene rings is 3. The molecule has 5 rings (SSSR count). The van der Waals surface area contributed by atoms with Crippen molar-refractivity contribution < 1.29 is 13.6 Å². The van der Waals surface area contributed by atoms with Gasteiger partial charge >= 0.3 is 0 Å². The van der Waals surface area contributed by atoms with Crippen LogP contribution in [0.1, 0.15) is 33.1 Å². The lowest BCUT2D eigenvalue weighted by molar-refractivity contribution is 0.0953. The van der Waals surface area contributed by atoms with Crippen LogP contribution in [-0.4, -0.2) is 16.0 Å². The number of amides is 1. The van der Waals surface area contributed by atoms with Crippen LogP contribution in [0.2, 0.25) is 0 Å². The van der Waals surface area contributed by atoms with Gasteiger partial charge in [0.2, 0.25) is 0 Å². The summed E-state index contributed by atoms with van der Waals surface area (Å²) in [7, 11) is 0. The van der Waals surface area contributed by atoms with Gasteiger partial charge in [-0.15, -0.1) is 0 Å². The van der Waals surface area contributed by atoms with Gasteiger partial charge in [0.15, 0.2) is 22.3 Å². The number of thiocarbonyl (C=S) groups is 1. The Kier molecular flexibility index (Phi) is 5.40. The zero-order valence-corrected chi connectivity index (χ0v) is 19.0. The van der Waals surface area contributed by atoms with E-state index in [2.05, 4.69) is 29.5 Å². The number of nitrogens with zero attached hydrogens (tertiary/aromatic N) is 1. The summed E-state index contributed by atoms with van der Waals surface area (Å²) in [6.07, 6.45) is 0.584. The van der Waals surface area contributed by atoms with E-state index in [-0.39, 0.29) is 10.9 Å². The monoisotopic (exact) mass is 455 g/mol. The third-order valence-electron chi connectivity index (χ3n) is 5.49. The molecule has 2 heterocycles. The smallest absolute Gasteiger partial charge is 0.293 e. The molecule has 0 fully saturated rings. The van der Waals surface area contributed by atoms with E-state index in [0.29, 0.717) is 17.9 Å². The number of oxazole rings is 1. The number of aryl methyl sites for hydroxylation is 2. The lowest BCUT2D eigenvalue weighted by Gasteiger charge is -2.09. The molecule has 33 heavy (non-hydrogen) atoms. The summed E-state index contributed by atoms with van der Waals surface area (Å²) in [6, 6.07) is 20.9. The van der Waals surface area contributed by atoms with Crippen LogP contribution in [0.15, 0.2) is 75.6 Å². The molecule has 0 bridgehead atoms. The third-order valence-corrected chi connectivity index (χ3v) is 5.70. The molecule has 0 atom stereocenters. The first-order valence-electron chi connectivity index (χ1n) is 10.5. The first kappa shape index (κ1) is 20.9. The Bertz CT molecular complexity index is 1430. The van der Waals surface area contributed by atoms with E-state index in [1.54, 1.807) is 6.07 Å². The maximum atomic E-state index is 12.4. The Morgan fingerprint density at radius 2 is 1.70 bits per heavy atom. The van der Waals surface area contributed by atoms with Crippen molar-refractivity contribution in [2.24, 2.45) is 0 Å². The number of rotatable bonds is 4. The second-order valence-electron chi connectivity index (χ2n) is 7.94. The molecule has 3 aromatic carbocycles. The second-order valence-corrected chi connectivity index (χ2v) is 8.35. The minimum Gasteiger partial charge on any atom is -0.451 e. The number of nitrogens with one attached hydrogen (secondary N) is 2. The molecule has 0 aliphatic rings. The van der Waals surface area contributed by atoms with Crippen LogP contribution >= 0.6 is 12.2 Å². The predicted molar refractivity (Wildman–Crippen MR) is 133 cm³/mol. The van der Waals surface area contributed by atoms with Crippen molar-refractivity contribution in [1.82, 2.24) is 10.3 Å². The van der Waals surface area contributed by atoms with E-state index >= 15 is 0 Å². The maximum Gasteiger partial charge on any atom is 0.293 e. The van der Waals surface area contributed by atoms with Gasteiger partial charge in [0, 0.05) is 17.5 Å². The van der Waals surface area contributed by atoms with Gasteiger partial charge in [-0.25, -0.2) is 4.98 Å². The standard InChI is InChI=1S/C26H21N3O3S/c1-15-11-20-22(12-16(15)2)32-24(28-20)13-17-7-9-19(10-8-17)27-26(33)29-25(30)23-14-18-5-3-4-6-21(18)31-23/h3-12,14H,13H2,1-2H3,(H2,27,29,30,33). The number of carbonyl (C=O) groups excluding carboxylic acids is 1. The first-order chi connectivity index (χ1) is 15.9. The van der Waals surface area contributed by atoms with Crippen molar-refractivity contribution in [1.29, 1.82) is 0 Å². The molecular weight excluding hydrogens is 434 g/mol. The van der Waals surface area contributed by atoms with Crippen LogP contribution in [0.25, 0.3) is 22.1 Å². The molecule has 5 aromatic rings. The fourth-order valence-electron chi connectivity index (χ4n) is 3.60. The highest BCUT2D eigenvalue weighted by molar-refractivity contribution is 7.80. The van der Waals surface area contributed by atoms with E-state index in [1.807, 2.05) is 60.7 Å². The van der Waals surface area contributed by atoms with Crippen LogP contribution in [0, 0.1) is 13.8 Å². The lowest BCUT2D eigenvalue weighted by atomic mass is 10.1. The van der Waals surface area contributed by atoms with E-state index in [0.717, 1.165) is 27.7 Å². The highest BCUT2D eigenvalue weighted by Gasteiger charge is 2.14. The summed E-state index contributed by atoms with van der Waals surface area (Å²) in [6.45, 7) is 4.13. The minimum atomic E-state index is -0.401. The van der Waals surface area contributed by atoms with E-state index in [9.17, 15) is 4.79 Å². The number of hydrogen-bond acceptors (Lipinski definition) is 5. The summed E-state index contributed by atoms with van der Waals surface area (Å²) < 4.78 is 11.5. The Morgan fingerprint density at radius 3 is 2.48 bits per heavy atom. The quantitative estimate of drug-likeness (QED) is 0.328. The molecule has 0 saturated carbocycles. The Hall–Kier alpha value is -3.97. The highest BCUT2D eigenvalue weighted by Crippen LogP contribution is 2.22. The zero-order chi connectivity index (χ0) is 22.9. The van der Waals surface area contributed by atoms with Crippen LogP contribution in [0.4, 0.5) is 5.69 Å². The van der Waals surface area contributed by atoms with Crippen molar-refractivity contribution in [2.45, 2.75) is 20.3 Å². The molecular formula is C26H21N3O3S. The van der Waals surface area contributed by atoms with Crippen molar-refractivity contribution >= 4 is 51.0 Å².